The number of hydrogen-bond donors (Lipinski definition) is 1. The minimum Gasteiger partial charge on any atom is -0.496 e. The number of imidazole rings is 1. The molecule has 0 bridgehead atoms. The fraction of sp³-hybridized carbons (Fsp3) is 0.200. The lowest BCUT2D eigenvalue weighted by Gasteiger charge is -2.16. The average molecular weight is 394 g/mol. The zero-order valence-corrected chi connectivity index (χ0v) is 15.8. The van der Waals surface area contributed by atoms with Gasteiger partial charge in [0.05, 0.1) is 27.1 Å². The lowest BCUT2D eigenvalue weighted by atomic mass is 10.0. The first-order valence-corrected chi connectivity index (χ1v) is 8.83. The van der Waals surface area contributed by atoms with Gasteiger partial charge in [0.25, 0.3) is 11.1 Å². The van der Waals surface area contributed by atoms with Crippen molar-refractivity contribution in [1.29, 1.82) is 0 Å². The summed E-state index contributed by atoms with van der Waals surface area (Å²) < 4.78 is 12.4. The zero-order chi connectivity index (χ0) is 20.5. The van der Waals surface area contributed by atoms with Gasteiger partial charge in [-0.25, -0.2) is 14.3 Å². The maximum Gasteiger partial charge on any atom is 0.327 e. The van der Waals surface area contributed by atoms with Crippen LogP contribution < -0.4 is 15.9 Å². The predicted octanol–water partition coefficient (Wildman–Crippen LogP) is 1.27. The summed E-state index contributed by atoms with van der Waals surface area (Å²) in [6, 6.07) is 11.2. The van der Waals surface area contributed by atoms with Crippen molar-refractivity contribution < 1.29 is 14.3 Å². The molecule has 2 aromatic heterocycles. The van der Waals surface area contributed by atoms with Crippen molar-refractivity contribution in [2.45, 2.75) is 13.1 Å². The Balaban J connectivity index is 1.95. The van der Waals surface area contributed by atoms with Crippen LogP contribution in [0.25, 0.3) is 21.8 Å². The second-order valence-electron chi connectivity index (χ2n) is 6.40. The summed E-state index contributed by atoms with van der Waals surface area (Å²) in [5.74, 6) is 0.0578. The fourth-order valence-electron chi connectivity index (χ4n) is 3.40. The zero-order valence-electron chi connectivity index (χ0n) is 15.8. The Labute approximate surface area is 164 Å². The molecule has 0 aliphatic rings. The number of carbonyl (C=O) groups excluding carboxylic acids is 1. The van der Waals surface area contributed by atoms with E-state index in [1.54, 1.807) is 13.2 Å². The van der Waals surface area contributed by atoms with Crippen LogP contribution in [0.2, 0.25) is 0 Å². The molecule has 0 saturated heterocycles. The van der Waals surface area contributed by atoms with Gasteiger partial charge in [0.2, 0.25) is 0 Å². The maximum atomic E-state index is 13.1. The van der Waals surface area contributed by atoms with E-state index in [-0.39, 0.29) is 17.6 Å². The minimum absolute atomic E-state index is 0.0188. The standard InChI is InChI=1S/C20H18N4O5/c1-28-15-8-7-12(13-5-3-4-6-14(13)15)9-23-19(26)17-18(22-11-21-17)20(27)24(23)10-16(25)29-2/h3-8,11H,9-10H2,1-2H3,(H,21,22). The van der Waals surface area contributed by atoms with Crippen LogP contribution in [0.4, 0.5) is 0 Å². The first-order valence-electron chi connectivity index (χ1n) is 8.83. The van der Waals surface area contributed by atoms with Crippen LogP contribution >= 0.6 is 0 Å². The largest absolute Gasteiger partial charge is 0.496 e. The van der Waals surface area contributed by atoms with Gasteiger partial charge in [-0.3, -0.25) is 14.4 Å². The second-order valence-corrected chi connectivity index (χ2v) is 6.40. The summed E-state index contributed by atoms with van der Waals surface area (Å²) >= 11 is 0. The molecule has 9 nitrogen and oxygen atoms in total. The van der Waals surface area contributed by atoms with Crippen LogP contribution in [-0.2, 0) is 22.6 Å². The molecule has 0 aliphatic heterocycles. The molecule has 4 rings (SSSR count). The SMILES string of the molecule is COC(=O)Cn1c(=O)c2nc[nH]c2c(=O)n1Cc1ccc(OC)c2ccccc12. The van der Waals surface area contributed by atoms with Crippen LogP contribution in [0, 0.1) is 0 Å². The Kier molecular flexibility index (Phi) is 4.63. The van der Waals surface area contributed by atoms with Gasteiger partial charge in [-0.05, 0) is 17.0 Å². The van der Waals surface area contributed by atoms with E-state index in [1.807, 2.05) is 30.3 Å². The number of methoxy groups -OCH3 is 2. The van der Waals surface area contributed by atoms with Crippen LogP contribution in [-0.4, -0.2) is 39.5 Å². The summed E-state index contributed by atoms with van der Waals surface area (Å²) in [4.78, 5) is 44.4. The molecule has 4 aromatic rings. The molecular formula is C20H18N4O5. The Bertz CT molecular complexity index is 1350. The van der Waals surface area contributed by atoms with Crippen molar-refractivity contribution in [3.05, 3.63) is 69.0 Å². The Morgan fingerprint density at radius 1 is 1.03 bits per heavy atom. The number of nitrogens with zero attached hydrogens (tertiary/aromatic N) is 3. The van der Waals surface area contributed by atoms with Crippen LogP contribution in [0.1, 0.15) is 5.56 Å². The van der Waals surface area contributed by atoms with Crippen molar-refractivity contribution >= 4 is 27.8 Å². The molecule has 0 unspecified atom stereocenters. The van der Waals surface area contributed by atoms with Gasteiger partial charge in [0, 0.05) is 5.39 Å². The molecule has 148 valence electrons. The fourth-order valence-corrected chi connectivity index (χ4v) is 3.40. The van der Waals surface area contributed by atoms with Crippen LogP contribution in [0.5, 0.6) is 5.75 Å². The lowest BCUT2D eigenvalue weighted by Crippen LogP contribution is -2.41. The van der Waals surface area contributed by atoms with Gasteiger partial charge in [0.1, 0.15) is 17.8 Å². The van der Waals surface area contributed by atoms with E-state index in [2.05, 4.69) is 14.7 Å². The lowest BCUT2D eigenvalue weighted by molar-refractivity contribution is -0.141. The molecule has 0 atom stereocenters. The number of ether oxygens (including phenoxy) is 2. The number of H-pyrrole nitrogens is 1. The van der Waals surface area contributed by atoms with E-state index < -0.39 is 23.6 Å². The molecule has 29 heavy (non-hydrogen) atoms. The average Bonchev–Trinajstić information content (AvgIpc) is 3.24. The summed E-state index contributed by atoms with van der Waals surface area (Å²) in [5.41, 5.74) is -0.144. The molecular weight excluding hydrogens is 376 g/mol. The Morgan fingerprint density at radius 3 is 2.52 bits per heavy atom. The van der Waals surface area contributed by atoms with Crippen LogP contribution in [0.3, 0.4) is 0 Å². The monoisotopic (exact) mass is 394 g/mol. The number of carbonyl (C=O) groups is 1. The first kappa shape index (κ1) is 18.5. The Hall–Kier alpha value is -3.88. The van der Waals surface area contributed by atoms with Crippen molar-refractivity contribution in [1.82, 2.24) is 19.3 Å². The molecule has 1 N–H and O–H groups in total. The van der Waals surface area contributed by atoms with E-state index in [9.17, 15) is 14.4 Å². The van der Waals surface area contributed by atoms with Gasteiger partial charge in [-0.1, -0.05) is 30.3 Å². The number of nitrogens with one attached hydrogen (secondary N) is 1. The molecule has 0 spiro atoms. The highest BCUT2D eigenvalue weighted by atomic mass is 16.5. The molecule has 0 radical (unpaired) electrons. The van der Waals surface area contributed by atoms with Gasteiger partial charge >= 0.3 is 5.97 Å². The maximum absolute atomic E-state index is 13.1. The molecule has 0 aliphatic carbocycles. The first-order chi connectivity index (χ1) is 14.0. The highest BCUT2D eigenvalue weighted by Gasteiger charge is 2.18. The van der Waals surface area contributed by atoms with Gasteiger partial charge < -0.3 is 14.5 Å². The highest BCUT2D eigenvalue weighted by Crippen LogP contribution is 2.28. The van der Waals surface area contributed by atoms with E-state index in [0.717, 1.165) is 21.0 Å². The number of fused-ring (bicyclic) bond motifs is 2. The summed E-state index contributed by atoms with van der Waals surface area (Å²) in [5, 5.41) is 1.76. The normalized spacial score (nSPS) is 11.1. The van der Waals surface area contributed by atoms with E-state index in [4.69, 9.17) is 4.74 Å². The summed E-state index contributed by atoms with van der Waals surface area (Å²) in [6.07, 6.45) is 1.28. The number of esters is 1. The number of aromatic amines is 1. The topological polar surface area (TPSA) is 108 Å². The summed E-state index contributed by atoms with van der Waals surface area (Å²) in [6.45, 7) is -0.327. The predicted molar refractivity (Wildman–Crippen MR) is 106 cm³/mol. The van der Waals surface area contributed by atoms with Crippen molar-refractivity contribution in [2.24, 2.45) is 0 Å². The molecule has 0 saturated carbocycles. The molecule has 2 heterocycles. The van der Waals surface area contributed by atoms with Gasteiger partial charge in [-0.2, -0.15) is 0 Å². The van der Waals surface area contributed by atoms with Gasteiger partial charge in [-0.15, -0.1) is 0 Å². The summed E-state index contributed by atoms with van der Waals surface area (Å²) in [7, 11) is 2.81. The number of hydrogen-bond acceptors (Lipinski definition) is 6. The molecule has 2 aromatic carbocycles. The third-order valence-electron chi connectivity index (χ3n) is 4.84. The van der Waals surface area contributed by atoms with E-state index in [1.165, 1.54) is 18.1 Å². The number of rotatable bonds is 5. The van der Waals surface area contributed by atoms with Crippen molar-refractivity contribution in [3.8, 4) is 5.75 Å². The molecule has 9 heteroatoms. The molecule has 0 fully saturated rings. The third kappa shape index (κ3) is 3.06. The van der Waals surface area contributed by atoms with Gasteiger partial charge in [0.15, 0.2) is 5.52 Å². The van der Waals surface area contributed by atoms with Crippen LogP contribution in [0.15, 0.2) is 52.3 Å². The minimum atomic E-state index is -0.644. The number of aromatic nitrogens is 4. The highest BCUT2D eigenvalue weighted by molar-refractivity contribution is 5.91. The molecule has 0 amide bonds. The quantitative estimate of drug-likeness (QED) is 0.511. The second kappa shape index (κ2) is 7.27. The van der Waals surface area contributed by atoms with E-state index >= 15 is 0 Å². The Morgan fingerprint density at radius 2 is 1.79 bits per heavy atom. The van der Waals surface area contributed by atoms with Crippen molar-refractivity contribution in [2.75, 3.05) is 14.2 Å². The smallest absolute Gasteiger partial charge is 0.327 e. The van der Waals surface area contributed by atoms with E-state index in [0.29, 0.717) is 5.75 Å². The van der Waals surface area contributed by atoms with Crippen molar-refractivity contribution in [3.63, 3.8) is 0 Å². The number of benzene rings is 2. The third-order valence-corrected chi connectivity index (χ3v) is 4.84.